The minimum atomic E-state index is 0.220. The number of nitrogens with zero attached hydrogens (tertiary/aromatic N) is 2. The molecule has 2 aromatic carbocycles. The van der Waals surface area contributed by atoms with Gasteiger partial charge in [-0.15, -0.1) is 0 Å². The minimum Gasteiger partial charge on any atom is -0.493 e. The van der Waals surface area contributed by atoms with Crippen LogP contribution >= 0.6 is 0 Å². The molecule has 0 aromatic heterocycles. The van der Waals surface area contributed by atoms with Gasteiger partial charge in [0.1, 0.15) is 0 Å². The van der Waals surface area contributed by atoms with Gasteiger partial charge in [-0.25, -0.2) is 0 Å². The quantitative estimate of drug-likeness (QED) is 0.738. The molecule has 0 radical (unpaired) electrons. The summed E-state index contributed by atoms with van der Waals surface area (Å²) >= 11 is 0. The fraction of sp³-hybridized carbons (Fsp3) is 0.478. The number of methoxy groups -OCH3 is 1. The van der Waals surface area contributed by atoms with E-state index in [1.54, 1.807) is 7.11 Å². The molecule has 0 saturated carbocycles. The van der Waals surface area contributed by atoms with Crippen LogP contribution in [0.3, 0.4) is 0 Å². The van der Waals surface area contributed by atoms with Crippen LogP contribution in [-0.2, 0) is 13.0 Å². The molecule has 6 heteroatoms. The minimum absolute atomic E-state index is 0.220. The molecule has 0 bridgehead atoms. The molecule has 1 saturated heterocycles. The maximum Gasteiger partial charge on any atom is 0.231 e. The van der Waals surface area contributed by atoms with E-state index in [2.05, 4.69) is 40.1 Å². The molecule has 2 aliphatic rings. The van der Waals surface area contributed by atoms with E-state index in [1.807, 2.05) is 12.1 Å². The van der Waals surface area contributed by atoms with Crippen molar-refractivity contribution in [1.82, 2.24) is 9.80 Å². The number of aliphatic hydroxyl groups is 1. The molecule has 0 unspecified atom stereocenters. The molecule has 29 heavy (non-hydrogen) atoms. The van der Waals surface area contributed by atoms with Gasteiger partial charge in [0.2, 0.25) is 12.5 Å². The van der Waals surface area contributed by atoms with Gasteiger partial charge < -0.3 is 19.3 Å². The summed E-state index contributed by atoms with van der Waals surface area (Å²) in [6.45, 7) is 5.30. The van der Waals surface area contributed by atoms with Crippen molar-refractivity contribution < 1.29 is 19.3 Å². The molecule has 2 aromatic rings. The second-order valence-electron chi connectivity index (χ2n) is 7.70. The molecule has 0 spiro atoms. The zero-order chi connectivity index (χ0) is 20.1. The van der Waals surface area contributed by atoms with Crippen LogP contribution in [0.5, 0.6) is 17.2 Å². The molecule has 6 nitrogen and oxygen atoms in total. The van der Waals surface area contributed by atoms with Crippen molar-refractivity contribution in [3.8, 4) is 17.2 Å². The van der Waals surface area contributed by atoms with Crippen LogP contribution in [0.25, 0.3) is 0 Å². The number of hydrogen-bond acceptors (Lipinski definition) is 6. The summed E-state index contributed by atoms with van der Waals surface area (Å²) in [5.74, 6) is 2.18. The third-order valence-electron chi connectivity index (χ3n) is 5.81. The fourth-order valence-corrected chi connectivity index (χ4v) is 4.27. The zero-order valence-corrected chi connectivity index (χ0v) is 17.0. The molecule has 4 rings (SSSR count). The van der Waals surface area contributed by atoms with Gasteiger partial charge >= 0.3 is 0 Å². The Hall–Kier alpha value is -2.28. The summed E-state index contributed by atoms with van der Waals surface area (Å²) in [6.07, 6.45) is 1.85. The highest BCUT2D eigenvalue weighted by molar-refractivity contribution is 5.55. The van der Waals surface area contributed by atoms with Crippen LogP contribution in [0.15, 0.2) is 42.5 Å². The summed E-state index contributed by atoms with van der Waals surface area (Å²) in [5.41, 5.74) is 2.52. The lowest BCUT2D eigenvalue weighted by atomic mass is 10.1. The van der Waals surface area contributed by atoms with Gasteiger partial charge in [0, 0.05) is 45.4 Å². The number of ether oxygens (including phenoxy) is 3. The highest BCUT2D eigenvalue weighted by Crippen LogP contribution is 2.42. The van der Waals surface area contributed by atoms with Crippen LogP contribution in [0.2, 0.25) is 0 Å². The van der Waals surface area contributed by atoms with Crippen LogP contribution < -0.4 is 14.2 Å². The van der Waals surface area contributed by atoms with Gasteiger partial charge in [-0.3, -0.25) is 9.80 Å². The van der Waals surface area contributed by atoms with E-state index in [4.69, 9.17) is 14.2 Å². The molecule has 156 valence electrons. The first kappa shape index (κ1) is 20.0. The summed E-state index contributed by atoms with van der Waals surface area (Å²) in [4.78, 5) is 4.98. The van der Waals surface area contributed by atoms with E-state index in [0.29, 0.717) is 11.8 Å². The highest BCUT2D eigenvalue weighted by atomic mass is 16.7. The van der Waals surface area contributed by atoms with Crippen molar-refractivity contribution in [3.05, 3.63) is 53.6 Å². The lowest BCUT2D eigenvalue weighted by Crippen LogP contribution is -2.53. The molecule has 2 aliphatic heterocycles. The largest absolute Gasteiger partial charge is 0.493 e. The summed E-state index contributed by atoms with van der Waals surface area (Å²) in [5, 5.41) is 9.58. The Balaban J connectivity index is 1.38. The molecule has 1 fully saturated rings. The molecule has 1 N–H and O–H groups in total. The van der Waals surface area contributed by atoms with Gasteiger partial charge in [0.15, 0.2) is 11.5 Å². The predicted molar refractivity (Wildman–Crippen MR) is 112 cm³/mol. The second-order valence-corrected chi connectivity index (χ2v) is 7.70. The number of benzene rings is 2. The average Bonchev–Trinajstić information content (AvgIpc) is 3.22. The van der Waals surface area contributed by atoms with Crippen molar-refractivity contribution in [1.29, 1.82) is 0 Å². The Labute approximate surface area is 172 Å². The molecular weight excluding hydrogens is 368 g/mol. The molecule has 1 atom stereocenters. The second kappa shape index (κ2) is 9.48. The lowest BCUT2D eigenvalue weighted by Gasteiger charge is -2.41. The first-order valence-electron chi connectivity index (χ1n) is 10.3. The number of piperazine rings is 1. The van der Waals surface area contributed by atoms with Crippen LogP contribution in [0.4, 0.5) is 0 Å². The van der Waals surface area contributed by atoms with Gasteiger partial charge in [-0.2, -0.15) is 0 Å². The van der Waals surface area contributed by atoms with Crippen LogP contribution in [0.1, 0.15) is 17.5 Å². The third kappa shape index (κ3) is 4.83. The van der Waals surface area contributed by atoms with Crippen molar-refractivity contribution in [3.63, 3.8) is 0 Å². The Bertz CT molecular complexity index is 799. The van der Waals surface area contributed by atoms with E-state index in [0.717, 1.165) is 62.6 Å². The Morgan fingerprint density at radius 3 is 2.76 bits per heavy atom. The van der Waals surface area contributed by atoms with Crippen molar-refractivity contribution in [2.24, 2.45) is 0 Å². The normalized spacial score (nSPS) is 19.4. The number of hydrogen-bond donors (Lipinski definition) is 1. The fourth-order valence-electron chi connectivity index (χ4n) is 4.27. The van der Waals surface area contributed by atoms with E-state index in [9.17, 15) is 5.11 Å². The molecular formula is C23H30N2O4. The number of aliphatic hydroxyl groups excluding tert-OH is 1. The zero-order valence-electron chi connectivity index (χ0n) is 17.0. The van der Waals surface area contributed by atoms with Crippen molar-refractivity contribution >= 4 is 0 Å². The van der Waals surface area contributed by atoms with E-state index in [-0.39, 0.29) is 13.4 Å². The maximum absolute atomic E-state index is 9.58. The predicted octanol–water partition coefficient (Wildman–Crippen LogP) is 2.54. The summed E-state index contributed by atoms with van der Waals surface area (Å²) in [7, 11) is 1.66. The van der Waals surface area contributed by atoms with Gasteiger partial charge in [0.25, 0.3) is 0 Å². The van der Waals surface area contributed by atoms with E-state index in [1.165, 1.54) is 5.56 Å². The Morgan fingerprint density at radius 1 is 1.10 bits per heavy atom. The summed E-state index contributed by atoms with van der Waals surface area (Å²) in [6, 6.07) is 15.1. The number of rotatable bonds is 8. The monoisotopic (exact) mass is 398 g/mol. The average molecular weight is 399 g/mol. The van der Waals surface area contributed by atoms with E-state index < -0.39 is 0 Å². The topological polar surface area (TPSA) is 54.4 Å². The standard InChI is InChI=1S/C23H30N2O4/c1-27-21-13-19(14-22-23(21)29-17-28-22)15-24-10-11-25(20(16-24)8-12-26)9-7-18-5-3-2-4-6-18/h2-6,13-14,20,26H,7-12,15-17H2,1H3/t20-/m0/s1. The van der Waals surface area contributed by atoms with E-state index >= 15 is 0 Å². The smallest absolute Gasteiger partial charge is 0.231 e. The first-order valence-corrected chi connectivity index (χ1v) is 10.3. The van der Waals surface area contributed by atoms with Crippen LogP contribution in [0, 0.1) is 0 Å². The maximum atomic E-state index is 9.58. The molecule has 2 heterocycles. The SMILES string of the molecule is COc1cc(CN2CCN(CCc3ccccc3)[C@@H](CCO)C2)cc2c1OCO2. The first-order chi connectivity index (χ1) is 14.3. The highest BCUT2D eigenvalue weighted by Gasteiger charge is 2.27. The summed E-state index contributed by atoms with van der Waals surface area (Å²) < 4.78 is 16.5. The van der Waals surface area contributed by atoms with Crippen molar-refractivity contribution in [2.75, 3.05) is 46.7 Å². The molecule has 0 amide bonds. The van der Waals surface area contributed by atoms with Gasteiger partial charge in [-0.05, 0) is 36.1 Å². The Morgan fingerprint density at radius 2 is 1.97 bits per heavy atom. The molecule has 0 aliphatic carbocycles. The third-order valence-corrected chi connectivity index (χ3v) is 5.81. The Kier molecular flexibility index (Phi) is 6.54. The number of fused-ring (bicyclic) bond motifs is 1. The van der Waals surface area contributed by atoms with Gasteiger partial charge in [-0.1, -0.05) is 30.3 Å². The van der Waals surface area contributed by atoms with Crippen LogP contribution in [-0.4, -0.2) is 67.6 Å². The van der Waals surface area contributed by atoms with Gasteiger partial charge in [0.05, 0.1) is 7.11 Å². The van der Waals surface area contributed by atoms with Crippen molar-refractivity contribution in [2.45, 2.75) is 25.4 Å². The lowest BCUT2D eigenvalue weighted by molar-refractivity contribution is 0.0561.